The van der Waals surface area contributed by atoms with Gasteiger partial charge in [0.1, 0.15) is 5.65 Å². The van der Waals surface area contributed by atoms with Crippen molar-refractivity contribution < 1.29 is 17.9 Å². The minimum absolute atomic E-state index is 0.0748. The second-order valence-corrected chi connectivity index (χ2v) is 10.5. The number of rotatable bonds is 7. The molecule has 0 amide bonds. The van der Waals surface area contributed by atoms with E-state index < -0.39 is 16.1 Å². The number of nitrogens with zero attached hydrogens (tertiary/aromatic N) is 3. The number of hydrogen-bond acceptors (Lipinski definition) is 9. The average Bonchev–Trinajstić information content (AvgIpc) is 2.79. The van der Waals surface area contributed by atoms with E-state index in [1.165, 1.54) is 22.8 Å². The van der Waals surface area contributed by atoms with E-state index in [0.29, 0.717) is 54.3 Å². The highest BCUT2D eigenvalue weighted by molar-refractivity contribution is 7.90. The van der Waals surface area contributed by atoms with Gasteiger partial charge in [0.15, 0.2) is 16.1 Å². The Balaban J connectivity index is 1.80. The maximum atomic E-state index is 13.6. The Kier molecular flexibility index (Phi) is 7.20. The van der Waals surface area contributed by atoms with Crippen LogP contribution >= 0.6 is 11.6 Å². The number of nitrogens with one attached hydrogen (secondary N) is 1. The van der Waals surface area contributed by atoms with Crippen LogP contribution in [0.15, 0.2) is 40.2 Å². The lowest BCUT2D eigenvalue weighted by molar-refractivity contribution is -0.189. The van der Waals surface area contributed by atoms with Crippen molar-refractivity contribution in [1.82, 2.24) is 14.5 Å². The van der Waals surface area contributed by atoms with E-state index in [1.807, 2.05) is 6.92 Å². The van der Waals surface area contributed by atoms with Crippen molar-refractivity contribution in [3.63, 3.8) is 0 Å². The van der Waals surface area contributed by atoms with Gasteiger partial charge in [0, 0.05) is 53.5 Å². The number of aromatic nitrogens is 3. The average molecular weight is 508 g/mol. The van der Waals surface area contributed by atoms with E-state index in [-0.39, 0.29) is 28.1 Å². The molecule has 2 aromatic heterocycles. The Hall–Kier alpha value is -2.57. The SMILES string of the molecule is CCNc1ncc2cc(-c3ccc(S(C)(=O)=O)cc3Cl)c(=O)n(CC[C@H]3OC[C@H](N)CO3)c2n1. The molecule has 4 rings (SSSR count). The molecule has 3 N–H and O–H groups in total. The van der Waals surface area contributed by atoms with Crippen molar-refractivity contribution in [2.75, 3.05) is 31.3 Å². The molecule has 182 valence electrons. The van der Waals surface area contributed by atoms with E-state index in [2.05, 4.69) is 15.3 Å². The number of pyridine rings is 1. The second-order valence-electron chi connectivity index (χ2n) is 8.08. The summed E-state index contributed by atoms with van der Waals surface area (Å²) in [5.41, 5.74) is 6.66. The van der Waals surface area contributed by atoms with Crippen molar-refractivity contribution in [2.24, 2.45) is 5.73 Å². The van der Waals surface area contributed by atoms with Gasteiger partial charge < -0.3 is 20.5 Å². The summed E-state index contributed by atoms with van der Waals surface area (Å²) in [6, 6.07) is 5.81. The van der Waals surface area contributed by atoms with Gasteiger partial charge in [-0.1, -0.05) is 17.7 Å². The van der Waals surface area contributed by atoms with Crippen LogP contribution < -0.4 is 16.6 Å². The van der Waals surface area contributed by atoms with E-state index >= 15 is 0 Å². The van der Waals surface area contributed by atoms with Crippen molar-refractivity contribution in [1.29, 1.82) is 0 Å². The number of fused-ring (bicyclic) bond motifs is 1. The topological polar surface area (TPSA) is 138 Å². The zero-order valence-corrected chi connectivity index (χ0v) is 20.4. The van der Waals surface area contributed by atoms with E-state index in [0.717, 1.165) is 6.26 Å². The molecule has 1 aliphatic heterocycles. The molecule has 3 aromatic rings. The Morgan fingerprint density at radius 3 is 2.62 bits per heavy atom. The van der Waals surface area contributed by atoms with Crippen molar-refractivity contribution in [3.8, 4) is 11.1 Å². The molecule has 0 radical (unpaired) electrons. The molecule has 0 bridgehead atoms. The lowest BCUT2D eigenvalue weighted by Crippen LogP contribution is -2.41. The summed E-state index contributed by atoms with van der Waals surface area (Å²) >= 11 is 6.42. The number of benzene rings is 1. The monoisotopic (exact) mass is 507 g/mol. The molecule has 1 saturated heterocycles. The number of anilines is 1. The Morgan fingerprint density at radius 2 is 1.97 bits per heavy atom. The fraction of sp³-hybridized carbons (Fsp3) is 0.409. The third kappa shape index (κ3) is 5.23. The van der Waals surface area contributed by atoms with Gasteiger partial charge in [-0.15, -0.1) is 0 Å². The van der Waals surface area contributed by atoms with Crippen LogP contribution in [0.2, 0.25) is 5.02 Å². The van der Waals surface area contributed by atoms with Gasteiger partial charge >= 0.3 is 0 Å². The zero-order valence-electron chi connectivity index (χ0n) is 18.8. The molecule has 12 heteroatoms. The molecule has 1 aliphatic rings. The van der Waals surface area contributed by atoms with Crippen LogP contribution in [0, 0.1) is 0 Å². The van der Waals surface area contributed by atoms with Gasteiger partial charge in [0.2, 0.25) is 5.95 Å². The number of nitrogens with two attached hydrogens (primary N) is 1. The van der Waals surface area contributed by atoms with Crippen LogP contribution in [0.1, 0.15) is 13.3 Å². The van der Waals surface area contributed by atoms with Crippen molar-refractivity contribution in [2.45, 2.75) is 37.1 Å². The summed E-state index contributed by atoms with van der Waals surface area (Å²) in [7, 11) is -3.44. The molecular formula is C22H26ClN5O5S. The van der Waals surface area contributed by atoms with Gasteiger partial charge in [-0.3, -0.25) is 9.36 Å². The van der Waals surface area contributed by atoms with Gasteiger partial charge in [-0.05, 0) is 25.1 Å². The van der Waals surface area contributed by atoms with Crippen LogP contribution in [0.25, 0.3) is 22.2 Å². The summed E-state index contributed by atoms with van der Waals surface area (Å²) in [6.45, 7) is 3.59. The van der Waals surface area contributed by atoms with E-state index in [4.69, 9.17) is 26.8 Å². The minimum atomic E-state index is -3.44. The number of halogens is 1. The minimum Gasteiger partial charge on any atom is -0.354 e. The predicted molar refractivity (Wildman–Crippen MR) is 130 cm³/mol. The molecule has 1 aromatic carbocycles. The largest absolute Gasteiger partial charge is 0.354 e. The number of aryl methyl sites for hydroxylation is 1. The van der Waals surface area contributed by atoms with Crippen molar-refractivity contribution in [3.05, 3.63) is 45.8 Å². The first kappa shape index (κ1) is 24.6. The molecule has 10 nitrogen and oxygen atoms in total. The van der Waals surface area contributed by atoms with E-state index in [1.54, 1.807) is 12.3 Å². The quantitative estimate of drug-likeness (QED) is 0.491. The number of sulfone groups is 1. The van der Waals surface area contributed by atoms with Gasteiger partial charge in [-0.2, -0.15) is 4.98 Å². The Bertz CT molecular complexity index is 1370. The fourth-order valence-corrected chi connectivity index (χ4v) is 4.70. The lowest BCUT2D eigenvalue weighted by Gasteiger charge is -2.27. The predicted octanol–water partition coefficient (Wildman–Crippen LogP) is 2.04. The maximum absolute atomic E-state index is 13.6. The smallest absolute Gasteiger partial charge is 0.260 e. The zero-order chi connectivity index (χ0) is 24.5. The third-order valence-electron chi connectivity index (χ3n) is 5.40. The molecule has 0 atom stereocenters. The molecular weight excluding hydrogens is 482 g/mol. The molecule has 0 unspecified atom stereocenters. The number of ether oxygens (including phenoxy) is 2. The van der Waals surface area contributed by atoms with Crippen LogP contribution in [0.5, 0.6) is 0 Å². The molecule has 3 heterocycles. The van der Waals surface area contributed by atoms with Gasteiger partial charge in [-0.25, -0.2) is 13.4 Å². The van der Waals surface area contributed by atoms with E-state index in [9.17, 15) is 13.2 Å². The standard InChI is InChI=1S/C22H26ClN5O5S/c1-3-25-22-26-10-13-8-17(16-5-4-15(9-18(16)23)34(2,30)31)21(29)28(20(13)27-22)7-6-19-32-11-14(24)12-33-19/h4-5,8-10,14,19H,3,6-7,11-12,24H2,1-2H3,(H,25,26,27)/t14-,19-. The number of hydrogen-bond donors (Lipinski definition) is 2. The molecule has 1 fully saturated rings. The summed E-state index contributed by atoms with van der Waals surface area (Å²) < 4.78 is 36.6. The van der Waals surface area contributed by atoms with Gasteiger partial charge in [0.05, 0.1) is 24.2 Å². The van der Waals surface area contributed by atoms with Crippen LogP contribution in [-0.2, 0) is 25.9 Å². The van der Waals surface area contributed by atoms with Crippen LogP contribution in [-0.4, -0.2) is 61.3 Å². The van der Waals surface area contributed by atoms with Gasteiger partial charge in [0.25, 0.3) is 5.56 Å². The molecule has 0 saturated carbocycles. The normalized spacial score (nSPS) is 18.8. The maximum Gasteiger partial charge on any atom is 0.260 e. The van der Waals surface area contributed by atoms with Crippen LogP contribution in [0.4, 0.5) is 5.95 Å². The molecule has 34 heavy (non-hydrogen) atoms. The summed E-state index contributed by atoms with van der Waals surface area (Å²) in [5, 5.41) is 3.84. The first-order chi connectivity index (χ1) is 16.2. The highest BCUT2D eigenvalue weighted by Crippen LogP contribution is 2.30. The highest BCUT2D eigenvalue weighted by atomic mass is 35.5. The summed E-state index contributed by atoms with van der Waals surface area (Å²) in [4.78, 5) is 22.5. The van der Waals surface area contributed by atoms with Crippen LogP contribution in [0.3, 0.4) is 0 Å². The highest BCUT2D eigenvalue weighted by Gasteiger charge is 2.22. The summed E-state index contributed by atoms with van der Waals surface area (Å²) in [5.74, 6) is 0.405. The molecule has 0 aliphatic carbocycles. The Morgan fingerprint density at radius 1 is 1.24 bits per heavy atom. The third-order valence-corrected chi connectivity index (χ3v) is 6.82. The first-order valence-electron chi connectivity index (χ1n) is 10.8. The Labute approximate surface area is 202 Å². The van der Waals surface area contributed by atoms with Crippen molar-refractivity contribution >= 4 is 38.4 Å². The second kappa shape index (κ2) is 9.96. The fourth-order valence-electron chi connectivity index (χ4n) is 3.71. The summed E-state index contributed by atoms with van der Waals surface area (Å²) in [6.07, 6.45) is 2.65. The lowest BCUT2D eigenvalue weighted by atomic mass is 10.1. The molecule has 0 spiro atoms. The first-order valence-corrected chi connectivity index (χ1v) is 13.1.